The highest BCUT2D eigenvalue weighted by atomic mass is 19.1. The largest absolute Gasteiger partial charge is 0.478 e. The van der Waals surface area contributed by atoms with Gasteiger partial charge in [0.05, 0.1) is 11.3 Å². The number of nitrogens with two attached hydrogens (primary N) is 1. The number of ether oxygens (including phenoxy) is 1. The van der Waals surface area contributed by atoms with Gasteiger partial charge in [-0.1, -0.05) is 0 Å². The van der Waals surface area contributed by atoms with Crippen LogP contribution in [-0.2, 0) is 4.74 Å². The van der Waals surface area contributed by atoms with Gasteiger partial charge in [0.2, 0.25) is 0 Å². The number of nitrogen functional groups attached to an aromatic ring is 1. The van der Waals surface area contributed by atoms with Crippen molar-refractivity contribution in [3.63, 3.8) is 0 Å². The van der Waals surface area contributed by atoms with E-state index >= 15 is 0 Å². The predicted molar refractivity (Wildman–Crippen MR) is 70.0 cm³/mol. The normalized spacial score (nSPS) is 16.3. The molecular weight excluding hydrogens is 251 g/mol. The molecule has 0 unspecified atom stereocenters. The lowest BCUT2D eigenvalue weighted by Crippen LogP contribution is -2.37. The van der Waals surface area contributed by atoms with Gasteiger partial charge >= 0.3 is 5.97 Å². The number of benzene rings is 1. The molecular formula is C13H17FN2O3. The summed E-state index contributed by atoms with van der Waals surface area (Å²) in [6.45, 7) is 1.27. The number of carboxylic acids is 1. The lowest BCUT2D eigenvalue weighted by atomic mass is 10.1. The zero-order valence-corrected chi connectivity index (χ0v) is 10.7. The highest BCUT2D eigenvalue weighted by Gasteiger charge is 2.23. The van der Waals surface area contributed by atoms with Crippen molar-refractivity contribution >= 4 is 17.3 Å². The van der Waals surface area contributed by atoms with E-state index in [0.29, 0.717) is 13.2 Å². The first-order chi connectivity index (χ1) is 9.00. The SMILES string of the molecule is CN(c1cc(C(=O)O)c(N)cc1F)C1CCOCC1. The molecule has 104 valence electrons. The summed E-state index contributed by atoms with van der Waals surface area (Å²) in [7, 11) is 1.76. The number of anilines is 2. The van der Waals surface area contributed by atoms with Gasteiger partial charge in [0, 0.05) is 32.0 Å². The van der Waals surface area contributed by atoms with E-state index in [4.69, 9.17) is 15.6 Å². The summed E-state index contributed by atoms with van der Waals surface area (Å²) in [6, 6.07) is 2.50. The Labute approximate surface area is 110 Å². The fourth-order valence-corrected chi connectivity index (χ4v) is 2.30. The first kappa shape index (κ1) is 13.6. The van der Waals surface area contributed by atoms with Crippen molar-refractivity contribution in [2.45, 2.75) is 18.9 Å². The summed E-state index contributed by atoms with van der Waals surface area (Å²) in [5.41, 5.74) is 5.64. The molecule has 1 aliphatic heterocycles. The standard InChI is InChI=1S/C13H17FN2O3/c1-16(8-2-4-19-5-3-8)12-6-9(13(17)18)11(15)7-10(12)14/h6-8H,2-5,15H2,1H3,(H,17,18). The van der Waals surface area contributed by atoms with Crippen LogP contribution in [0.1, 0.15) is 23.2 Å². The first-order valence-electron chi connectivity index (χ1n) is 6.13. The second-order valence-corrected chi connectivity index (χ2v) is 4.65. The zero-order chi connectivity index (χ0) is 14.0. The maximum absolute atomic E-state index is 14.0. The van der Waals surface area contributed by atoms with E-state index in [0.717, 1.165) is 18.9 Å². The van der Waals surface area contributed by atoms with Gasteiger partial charge in [0.25, 0.3) is 0 Å². The topological polar surface area (TPSA) is 75.8 Å². The van der Waals surface area contributed by atoms with Crippen molar-refractivity contribution in [2.75, 3.05) is 30.9 Å². The van der Waals surface area contributed by atoms with E-state index < -0.39 is 11.8 Å². The summed E-state index contributed by atoms with van der Waals surface area (Å²) in [5, 5.41) is 9.03. The maximum atomic E-state index is 14.0. The molecule has 0 atom stereocenters. The highest BCUT2D eigenvalue weighted by Crippen LogP contribution is 2.28. The van der Waals surface area contributed by atoms with Gasteiger partial charge in [-0.2, -0.15) is 0 Å². The third-order valence-electron chi connectivity index (χ3n) is 3.47. The maximum Gasteiger partial charge on any atom is 0.337 e. The molecule has 0 aliphatic carbocycles. The van der Waals surface area contributed by atoms with Gasteiger partial charge in [-0.3, -0.25) is 0 Å². The van der Waals surface area contributed by atoms with Gasteiger partial charge in [0.15, 0.2) is 0 Å². The van der Waals surface area contributed by atoms with Gasteiger partial charge in [-0.15, -0.1) is 0 Å². The third kappa shape index (κ3) is 2.78. The number of hydrogen-bond donors (Lipinski definition) is 2. The number of rotatable bonds is 3. The number of carboxylic acid groups (broad SMARTS) is 1. The van der Waals surface area contributed by atoms with Crippen molar-refractivity contribution in [1.82, 2.24) is 0 Å². The minimum absolute atomic E-state index is 0.0610. The summed E-state index contributed by atoms with van der Waals surface area (Å²) < 4.78 is 19.2. The Bertz CT molecular complexity index is 487. The van der Waals surface area contributed by atoms with Crippen LogP contribution in [0.5, 0.6) is 0 Å². The van der Waals surface area contributed by atoms with Crippen molar-refractivity contribution in [3.05, 3.63) is 23.5 Å². The van der Waals surface area contributed by atoms with Crippen LogP contribution in [0.25, 0.3) is 0 Å². The molecule has 2 rings (SSSR count). The molecule has 0 bridgehead atoms. The second-order valence-electron chi connectivity index (χ2n) is 4.65. The smallest absolute Gasteiger partial charge is 0.337 e. The summed E-state index contributed by atoms with van der Waals surface area (Å²) in [6.07, 6.45) is 1.59. The third-order valence-corrected chi connectivity index (χ3v) is 3.47. The number of carbonyl (C=O) groups is 1. The molecule has 3 N–H and O–H groups in total. The van der Waals surface area contributed by atoms with Crippen LogP contribution in [0.3, 0.4) is 0 Å². The van der Waals surface area contributed by atoms with Crippen LogP contribution < -0.4 is 10.6 Å². The lowest BCUT2D eigenvalue weighted by molar-refractivity contribution is 0.0697. The Balaban J connectivity index is 2.32. The lowest BCUT2D eigenvalue weighted by Gasteiger charge is -2.33. The Hall–Kier alpha value is -1.82. The molecule has 5 nitrogen and oxygen atoms in total. The fraction of sp³-hybridized carbons (Fsp3) is 0.462. The van der Waals surface area contributed by atoms with Crippen molar-refractivity contribution in [1.29, 1.82) is 0 Å². The van der Waals surface area contributed by atoms with E-state index in [-0.39, 0.29) is 23.0 Å². The molecule has 6 heteroatoms. The Morgan fingerprint density at radius 2 is 2.11 bits per heavy atom. The average molecular weight is 268 g/mol. The number of aromatic carboxylic acids is 1. The van der Waals surface area contributed by atoms with Crippen LogP contribution in [-0.4, -0.2) is 37.4 Å². The van der Waals surface area contributed by atoms with E-state index in [2.05, 4.69) is 0 Å². The van der Waals surface area contributed by atoms with Gasteiger partial charge in [0.1, 0.15) is 5.82 Å². The van der Waals surface area contributed by atoms with Crippen LogP contribution >= 0.6 is 0 Å². The van der Waals surface area contributed by atoms with E-state index in [1.54, 1.807) is 11.9 Å². The number of nitrogens with zero attached hydrogens (tertiary/aromatic N) is 1. The Morgan fingerprint density at radius 3 is 2.68 bits per heavy atom. The minimum Gasteiger partial charge on any atom is -0.478 e. The van der Waals surface area contributed by atoms with E-state index in [1.165, 1.54) is 6.07 Å². The van der Waals surface area contributed by atoms with Crippen LogP contribution in [0.4, 0.5) is 15.8 Å². The average Bonchev–Trinajstić information content (AvgIpc) is 2.38. The molecule has 0 spiro atoms. The predicted octanol–water partition coefficient (Wildman–Crippen LogP) is 1.72. The van der Waals surface area contributed by atoms with E-state index in [1.807, 2.05) is 0 Å². The molecule has 1 heterocycles. The summed E-state index contributed by atoms with van der Waals surface area (Å²) in [5.74, 6) is -1.66. The fourth-order valence-electron chi connectivity index (χ4n) is 2.30. The Kier molecular flexibility index (Phi) is 3.90. The second kappa shape index (κ2) is 5.44. The minimum atomic E-state index is -1.15. The highest BCUT2D eigenvalue weighted by molar-refractivity contribution is 5.95. The number of hydrogen-bond acceptors (Lipinski definition) is 4. The number of halogens is 1. The summed E-state index contributed by atoms with van der Waals surface area (Å²) >= 11 is 0. The van der Waals surface area contributed by atoms with Crippen LogP contribution in [0.15, 0.2) is 12.1 Å². The quantitative estimate of drug-likeness (QED) is 0.816. The zero-order valence-electron chi connectivity index (χ0n) is 10.7. The van der Waals surface area contributed by atoms with E-state index in [9.17, 15) is 9.18 Å². The monoisotopic (exact) mass is 268 g/mol. The molecule has 1 aromatic rings. The molecule has 1 aliphatic rings. The van der Waals surface area contributed by atoms with Crippen LogP contribution in [0, 0.1) is 5.82 Å². The van der Waals surface area contributed by atoms with Gasteiger partial charge in [-0.05, 0) is 25.0 Å². The van der Waals surface area contributed by atoms with Crippen molar-refractivity contribution < 1.29 is 19.0 Å². The molecule has 1 aromatic carbocycles. The molecule has 0 aromatic heterocycles. The van der Waals surface area contributed by atoms with Crippen molar-refractivity contribution in [2.24, 2.45) is 0 Å². The Morgan fingerprint density at radius 1 is 1.47 bits per heavy atom. The summed E-state index contributed by atoms with van der Waals surface area (Å²) in [4.78, 5) is 12.8. The molecule has 1 saturated heterocycles. The molecule has 1 fully saturated rings. The van der Waals surface area contributed by atoms with Gasteiger partial charge in [-0.25, -0.2) is 9.18 Å². The molecule has 0 radical (unpaired) electrons. The van der Waals surface area contributed by atoms with Crippen molar-refractivity contribution in [3.8, 4) is 0 Å². The first-order valence-corrected chi connectivity index (χ1v) is 6.13. The van der Waals surface area contributed by atoms with Crippen LogP contribution in [0.2, 0.25) is 0 Å². The molecule has 0 saturated carbocycles. The molecule has 19 heavy (non-hydrogen) atoms. The molecule has 0 amide bonds. The van der Waals surface area contributed by atoms with Gasteiger partial charge < -0.3 is 20.5 Å².